The van der Waals surface area contributed by atoms with Crippen molar-refractivity contribution in [3.63, 3.8) is 0 Å². The standard InChI is InChI=1S/C22H27N5O4/c1-25(2)19(14-6-9-16(31-5)10-7-14)13-23-20(28)21(29)24-15-8-11-17-18(12-15)27(4)22(30)26(17)3/h6-12,19H,13H2,1-5H3,(H,23,28)(H,24,29)/t19-/m1/s1. The first-order valence-electron chi connectivity index (χ1n) is 9.78. The number of nitrogens with one attached hydrogen (secondary N) is 2. The largest absolute Gasteiger partial charge is 0.497 e. The quantitative estimate of drug-likeness (QED) is 0.579. The van der Waals surface area contributed by atoms with Gasteiger partial charge in [0, 0.05) is 26.3 Å². The lowest BCUT2D eigenvalue weighted by Gasteiger charge is -2.25. The molecule has 9 nitrogen and oxygen atoms in total. The molecule has 0 aliphatic carbocycles. The monoisotopic (exact) mass is 425 g/mol. The fourth-order valence-corrected chi connectivity index (χ4v) is 3.47. The van der Waals surface area contributed by atoms with Crippen LogP contribution in [0.15, 0.2) is 47.3 Å². The zero-order valence-corrected chi connectivity index (χ0v) is 18.3. The van der Waals surface area contributed by atoms with Crippen LogP contribution in [-0.4, -0.2) is 53.6 Å². The average Bonchev–Trinajstić information content (AvgIpc) is 2.97. The van der Waals surface area contributed by atoms with Gasteiger partial charge in [-0.3, -0.25) is 18.7 Å². The summed E-state index contributed by atoms with van der Waals surface area (Å²) in [6, 6.07) is 12.5. The van der Waals surface area contributed by atoms with Crippen LogP contribution in [0.25, 0.3) is 11.0 Å². The van der Waals surface area contributed by atoms with Crippen LogP contribution in [0.4, 0.5) is 5.69 Å². The summed E-state index contributed by atoms with van der Waals surface area (Å²) >= 11 is 0. The number of hydrogen-bond donors (Lipinski definition) is 2. The molecule has 2 aromatic carbocycles. The van der Waals surface area contributed by atoms with E-state index in [2.05, 4.69) is 10.6 Å². The minimum atomic E-state index is -0.771. The summed E-state index contributed by atoms with van der Waals surface area (Å²) in [6.45, 7) is 0.262. The van der Waals surface area contributed by atoms with Gasteiger partial charge in [0.15, 0.2) is 0 Å². The number of hydrogen-bond acceptors (Lipinski definition) is 5. The van der Waals surface area contributed by atoms with Gasteiger partial charge in [0.2, 0.25) is 0 Å². The van der Waals surface area contributed by atoms with Crippen LogP contribution in [0.2, 0.25) is 0 Å². The number of likely N-dealkylation sites (N-methyl/N-ethyl adjacent to an activating group) is 1. The SMILES string of the molecule is COc1ccc([C@@H](CNC(=O)C(=O)Nc2ccc3c(c2)n(C)c(=O)n3C)N(C)C)cc1. The Bertz CT molecular complexity index is 1160. The van der Waals surface area contributed by atoms with Gasteiger partial charge in [0.25, 0.3) is 0 Å². The summed E-state index contributed by atoms with van der Waals surface area (Å²) in [6.07, 6.45) is 0. The third-order valence-corrected chi connectivity index (χ3v) is 5.32. The topological polar surface area (TPSA) is 97.6 Å². The van der Waals surface area contributed by atoms with E-state index in [-0.39, 0.29) is 18.3 Å². The molecule has 9 heteroatoms. The molecule has 0 aliphatic heterocycles. The summed E-state index contributed by atoms with van der Waals surface area (Å²) in [5.74, 6) is -0.757. The van der Waals surface area contributed by atoms with Crippen molar-refractivity contribution in [1.82, 2.24) is 19.4 Å². The molecule has 164 valence electrons. The van der Waals surface area contributed by atoms with Gasteiger partial charge in [-0.1, -0.05) is 12.1 Å². The van der Waals surface area contributed by atoms with Crippen LogP contribution in [0.1, 0.15) is 11.6 Å². The maximum atomic E-state index is 12.4. The van der Waals surface area contributed by atoms with E-state index in [1.54, 1.807) is 39.4 Å². The molecule has 3 rings (SSSR count). The van der Waals surface area contributed by atoms with Crippen LogP contribution >= 0.6 is 0 Å². The van der Waals surface area contributed by atoms with Crippen molar-refractivity contribution >= 4 is 28.5 Å². The van der Waals surface area contributed by atoms with Crippen molar-refractivity contribution in [1.29, 1.82) is 0 Å². The van der Waals surface area contributed by atoms with Gasteiger partial charge in [0.1, 0.15) is 5.75 Å². The predicted octanol–water partition coefficient (Wildman–Crippen LogP) is 1.24. The normalized spacial score (nSPS) is 12.1. The van der Waals surface area contributed by atoms with Crippen LogP contribution in [-0.2, 0) is 23.7 Å². The molecule has 0 unspecified atom stereocenters. The molecule has 0 saturated heterocycles. The van der Waals surface area contributed by atoms with Gasteiger partial charge >= 0.3 is 17.5 Å². The number of aryl methyl sites for hydroxylation is 2. The first-order valence-corrected chi connectivity index (χ1v) is 9.78. The second kappa shape index (κ2) is 9.05. The van der Waals surface area contributed by atoms with Crippen LogP contribution in [0, 0.1) is 0 Å². The van der Waals surface area contributed by atoms with Gasteiger partial charge in [0.05, 0.1) is 24.2 Å². The molecule has 0 bridgehead atoms. The molecule has 0 fully saturated rings. The Morgan fingerprint density at radius 2 is 1.65 bits per heavy atom. The Balaban J connectivity index is 1.66. The number of methoxy groups -OCH3 is 1. The Morgan fingerprint density at radius 3 is 2.26 bits per heavy atom. The summed E-state index contributed by atoms with van der Waals surface area (Å²) in [5, 5.41) is 5.28. The third-order valence-electron chi connectivity index (χ3n) is 5.32. The number of fused-ring (bicyclic) bond motifs is 1. The van der Waals surface area contributed by atoms with Crippen LogP contribution < -0.4 is 21.1 Å². The Hall–Kier alpha value is -3.59. The first kappa shape index (κ1) is 22.1. The van der Waals surface area contributed by atoms with Crippen molar-refractivity contribution < 1.29 is 14.3 Å². The number of nitrogens with zero attached hydrogens (tertiary/aromatic N) is 3. The maximum Gasteiger partial charge on any atom is 0.328 e. The highest BCUT2D eigenvalue weighted by atomic mass is 16.5. The lowest BCUT2D eigenvalue weighted by Crippen LogP contribution is -2.40. The number of rotatable bonds is 6. The van der Waals surface area contributed by atoms with Gasteiger partial charge in [-0.25, -0.2) is 4.79 Å². The molecule has 2 amide bonds. The van der Waals surface area contributed by atoms with Gasteiger partial charge in [-0.2, -0.15) is 0 Å². The molecule has 0 saturated carbocycles. The second-order valence-corrected chi connectivity index (χ2v) is 7.52. The number of benzene rings is 2. The van der Waals surface area contributed by atoms with E-state index in [0.717, 1.165) is 16.8 Å². The Kier molecular flexibility index (Phi) is 6.45. The number of imidazole rings is 1. The van der Waals surface area contributed by atoms with Crippen LogP contribution in [0.3, 0.4) is 0 Å². The van der Waals surface area contributed by atoms with Crippen molar-refractivity contribution in [2.45, 2.75) is 6.04 Å². The molecular formula is C22H27N5O4. The Morgan fingerprint density at radius 1 is 1.00 bits per heavy atom. The molecule has 2 N–H and O–H groups in total. The number of aromatic nitrogens is 2. The zero-order valence-electron chi connectivity index (χ0n) is 18.3. The number of anilines is 1. The minimum Gasteiger partial charge on any atom is -0.497 e. The van der Waals surface area contributed by atoms with Crippen molar-refractivity contribution in [2.75, 3.05) is 33.1 Å². The second-order valence-electron chi connectivity index (χ2n) is 7.52. The Labute approximate surface area is 180 Å². The van der Waals surface area contributed by atoms with Gasteiger partial charge in [-0.05, 0) is 50.0 Å². The number of carbonyl (C=O) groups is 2. The van der Waals surface area contributed by atoms with E-state index >= 15 is 0 Å². The molecule has 0 spiro atoms. The van der Waals surface area contributed by atoms with E-state index in [9.17, 15) is 14.4 Å². The number of ether oxygens (including phenoxy) is 1. The smallest absolute Gasteiger partial charge is 0.328 e. The summed E-state index contributed by atoms with van der Waals surface area (Å²) < 4.78 is 8.19. The lowest BCUT2D eigenvalue weighted by molar-refractivity contribution is -0.136. The molecular weight excluding hydrogens is 398 g/mol. The zero-order chi connectivity index (χ0) is 22.7. The van der Waals surface area contributed by atoms with E-state index in [1.165, 1.54) is 9.13 Å². The van der Waals surface area contributed by atoms with E-state index in [4.69, 9.17) is 4.74 Å². The predicted molar refractivity (Wildman–Crippen MR) is 119 cm³/mol. The van der Waals surface area contributed by atoms with E-state index < -0.39 is 11.8 Å². The van der Waals surface area contributed by atoms with E-state index in [1.807, 2.05) is 43.3 Å². The molecule has 1 atom stereocenters. The fraction of sp³-hybridized carbons (Fsp3) is 0.318. The molecule has 0 aliphatic rings. The molecule has 31 heavy (non-hydrogen) atoms. The lowest BCUT2D eigenvalue weighted by atomic mass is 10.1. The summed E-state index contributed by atoms with van der Waals surface area (Å²) in [7, 11) is 8.75. The van der Waals surface area contributed by atoms with Gasteiger partial charge < -0.3 is 20.3 Å². The fourth-order valence-electron chi connectivity index (χ4n) is 3.47. The highest BCUT2D eigenvalue weighted by Crippen LogP contribution is 2.21. The molecule has 1 aromatic heterocycles. The third kappa shape index (κ3) is 4.61. The molecule has 3 aromatic rings. The minimum absolute atomic E-state index is 0.113. The summed E-state index contributed by atoms with van der Waals surface area (Å²) in [4.78, 5) is 38.8. The average molecular weight is 425 g/mol. The van der Waals surface area contributed by atoms with Crippen molar-refractivity contribution in [3.05, 3.63) is 58.5 Å². The first-order chi connectivity index (χ1) is 14.7. The van der Waals surface area contributed by atoms with Crippen molar-refractivity contribution in [2.24, 2.45) is 14.1 Å². The highest BCUT2D eigenvalue weighted by Gasteiger charge is 2.19. The van der Waals surface area contributed by atoms with Crippen molar-refractivity contribution in [3.8, 4) is 5.75 Å². The van der Waals surface area contributed by atoms with E-state index in [0.29, 0.717) is 11.2 Å². The highest BCUT2D eigenvalue weighted by molar-refractivity contribution is 6.39. The molecule has 0 radical (unpaired) electrons. The van der Waals surface area contributed by atoms with Crippen LogP contribution in [0.5, 0.6) is 5.75 Å². The summed E-state index contributed by atoms with van der Waals surface area (Å²) in [5.41, 5.74) is 2.67. The maximum absolute atomic E-state index is 12.4. The van der Waals surface area contributed by atoms with Gasteiger partial charge in [-0.15, -0.1) is 0 Å². The number of amides is 2. The number of carbonyl (C=O) groups excluding carboxylic acids is 2. The molecule has 1 heterocycles.